The Hall–Kier alpha value is -2.40. The van der Waals surface area contributed by atoms with Gasteiger partial charge in [-0.25, -0.2) is 4.39 Å². The second-order valence-electron chi connectivity index (χ2n) is 5.95. The number of piperidine rings is 1. The largest absolute Gasteiger partial charge is 0.426 e. The molecule has 1 fully saturated rings. The van der Waals surface area contributed by atoms with Crippen molar-refractivity contribution in [3.8, 4) is 5.75 Å². The molecule has 0 bridgehead atoms. The second-order valence-corrected chi connectivity index (χ2v) is 6.38. The molecule has 3 rings (SSSR count). The Morgan fingerprint density at radius 1 is 1.00 bits per heavy atom. The van der Waals surface area contributed by atoms with Crippen LogP contribution in [0.2, 0.25) is 5.02 Å². The maximum Gasteiger partial charge on any atom is 0.314 e. The van der Waals surface area contributed by atoms with Gasteiger partial charge in [-0.3, -0.25) is 9.59 Å². The molecule has 0 atom stereocenters. The number of likely N-dealkylation sites (tertiary alicyclic amines) is 1. The highest BCUT2D eigenvalue weighted by Crippen LogP contribution is 2.23. The number of halogens is 2. The van der Waals surface area contributed by atoms with Gasteiger partial charge in [0.2, 0.25) is 0 Å². The Labute approximate surface area is 150 Å². The van der Waals surface area contributed by atoms with E-state index in [4.69, 9.17) is 16.3 Å². The van der Waals surface area contributed by atoms with Crippen molar-refractivity contribution in [3.05, 3.63) is 64.9 Å². The van der Waals surface area contributed by atoms with Gasteiger partial charge in [0.25, 0.3) is 5.91 Å². The zero-order chi connectivity index (χ0) is 17.8. The highest BCUT2D eigenvalue weighted by molar-refractivity contribution is 6.30. The molecular weight excluding hydrogens is 345 g/mol. The van der Waals surface area contributed by atoms with Crippen LogP contribution in [0.1, 0.15) is 23.2 Å². The minimum atomic E-state index is -0.375. The smallest absolute Gasteiger partial charge is 0.314 e. The van der Waals surface area contributed by atoms with Gasteiger partial charge in [0, 0.05) is 23.7 Å². The van der Waals surface area contributed by atoms with E-state index in [0.717, 1.165) is 0 Å². The first-order valence-corrected chi connectivity index (χ1v) is 8.43. The van der Waals surface area contributed by atoms with Gasteiger partial charge in [-0.2, -0.15) is 0 Å². The van der Waals surface area contributed by atoms with Gasteiger partial charge in [-0.1, -0.05) is 11.6 Å². The van der Waals surface area contributed by atoms with Crippen LogP contribution in [-0.4, -0.2) is 29.9 Å². The van der Waals surface area contributed by atoms with Crippen LogP contribution in [0.3, 0.4) is 0 Å². The molecule has 0 spiro atoms. The van der Waals surface area contributed by atoms with Gasteiger partial charge < -0.3 is 9.64 Å². The first kappa shape index (κ1) is 17.4. The van der Waals surface area contributed by atoms with E-state index in [9.17, 15) is 14.0 Å². The Morgan fingerprint density at radius 2 is 1.60 bits per heavy atom. The summed E-state index contributed by atoms with van der Waals surface area (Å²) in [6.45, 7) is 0.938. The normalized spacial score (nSPS) is 15.0. The van der Waals surface area contributed by atoms with Crippen molar-refractivity contribution in [1.82, 2.24) is 4.90 Å². The van der Waals surface area contributed by atoms with E-state index >= 15 is 0 Å². The molecule has 1 aliphatic heterocycles. The minimum Gasteiger partial charge on any atom is -0.426 e. The third kappa shape index (κ3) is 4.37. The summed E-state index contributed by atoms with van der Waals surface area (Å²) in [5, 5.41) is 0.576. The van der Waals surface area contributed by atoms with Crippen molar-refractivity contribution < 1.29 is 18.7 Å². The van der Waals surface area contributed by atoms with Crippen molar-refractivity contribution in [2.24, 2.45) is 5.92 Å². The topological polar surface area (TPSA) is 46.6 Å². The lowest BCUT2D eigenvalue weighted by atomic mass is 9.96. The first-order chi connectivity index (χ1) is 12.0. The SMILES string of the molecule is O=C(Oc1ccc(Cl)cc1)C1CCN(C(=O)c2ccc(F)cc2)CC1. The standard InChI is InChI=1S/C19H17ClFNO3/c20-15-3-7-17(8-4-15)25-19(24)14-9-11-22(12-10-14)18(23)13-1-5-16(21)6-2-13/h1-8,14H,9-12H2. The fourth-order valence-corrected chi connectivity index (χ4v) is 2.92. The number of amides is 1. The minimum absolute atomic E-state index is 0.149. The molecule has 1 heterocycles. The van der Waals surface area contributed by atoms with Gasteiger partial charge >= 0.3 is 5.97 Å². The molecule has 0 radical (unpaired) electrons. The Morgan fingerprint density at radius 3 is 2.20 bits per heavy atom. The van der Waals surface area contributed by atoms with Crippen LogP contribution in [0.25, 0.3) is 0 Å². The van der Waals surface area contributed by atoms with E-state index in [0.29, 0.717) is 42.3 Å². The van der Waals surface area contributed by atoms with Crippen LogP contribution in [0.5, 0.6) is 5.75 Å². The molecule has 6 heteroatoms. The zero-order valence-electron chi connectivity index (χ0n) is 13.5. The van der Waals surface area contributed by atoms with Crippen LogP contribution in [0, 0.1) is 11.7 Å². The fraction of sp³-hybridized carbons (Fsp3) is 0.263. The maximum absolute atomic E-state index is 12.9. The molecule has 1 aliphatic rings. The van der Waals surface area contributed by atoms with Crippen LogP contribution in [0.4, 0.5) is 4.39 Å². The molecule has 0 aliphatic carbocycles. The van der Waals surface area contributed by atoms with Crippen LogP contribution < -0.4 is 4.74 Å². The van der Waals surface area contributed by atoms with E-state index < -0.39 is 0 Å². The van der Waals surface area contributed by atoms with Crippen molar-refractivity contribution in [1.29, 1.82) is 0 Å². The summed E-state index contributed by atoms with van der Waals surface area (Å²) in [7, 11) is 0. The summed E-state index contributed by atoms with van der Waals surface area (Å²) in [6.07, 6.45) is 1.08. The lowest BCUT2D eigenvalue weighted by Gasteiger charge is -2.31. The van der Waals surface area contributed by atoms with Crippen molar-refractivity contribution >= 4 is 23.5 Å². The maximum atomic E-state index is 12.9. The van der Waals surface area contributed by atoms with Gasteiger partial charge in [-0.15, -0.1) is 0 Å². The first-order valence-electron chi connectivity index (χ1n) is 8.05. The summed E-state index contributed by atoms with van der Waals surface area (Å²) >= 11 is 5.80. The summed E-state index contributed by atoms with van der Waals surface area (Å²) in [5.41, 5.74) is 0.448. The number of ether oxygens (including phenoxy) is 1. The van der Waals surface area contributed by atoms with Crippen molar-refractivity contribution in [3.63, 3.8) is 0 Å². The Bertz CT molecular complexity index is 753. The molecule has 0 unspecified atom stereocenters. The predicted molar refractivity (Wildman–Crippen MR) is 92.1 cm³/mol. The fourth-order valence-electron chi connectivity index (χ4n) is 2.80. The molecule has 25 heavy (non-hydrogen) atoms. The van der Waals surface area contributed by atoms with Crippen LogP contribution in [0.15, 0.2) is 48.5 Å². The number of nitrogens with zero attached hydrogens (tertiary/aromatic N) is 1. The molecule has 0 aromatic heterocycles. The average molecular weight is 362 g/mol. The predicted octanol–water partition coefficient (Wildman–Crippen LogP) is 3.94. The van der Waals surface area contributed by atoms with Crippen molar-refractivity contribution in [2.75, 3.05) is 13.1 Å². The summed E-state index contributed by atoms with van der Waals surface area (Å²) in [6, 6.07) is 12.1. The molecule has 2 aromatic rings. The molecule has 0 saturated carbocycles. The summed E-state index contributed by atoms with van der Waals surface area (Å²) < 4.78 is 18.3. The number of hydrogen-bond acceptors (Lipinski definition) is 3. The molecule has 1 saturated heterocycles. The lowest BCUT2D eigenvalue weighted by molar-refractivity contribution is -0.140. The van der Waals surface area contributed by atoms with Gasteiger partial charge in [0.1, 0.15) is 11.6 Å². The molecular formula is C19H17ClFNO3. The summed E-state index contributed by atoms with van der Waals surface area (Å²) in [5.74, 6) is -0.604. The van der Waals surface area contributed by atoms with E-state index in [1.165, 1.54) is 24.3 Å². The van der Waals surface area contributed by atoms with Gasteiger partial charge in [-0.05, 0) is 61.4 Å². The van der Waals surface area contributed by atoms with E-state index in [-0.39, 0.29) is 23.6 Å². The number of carbonyl (C=O) groups is 2. The number of rotatable bonds is 3. The van der Waals surface area contributed by atoms with Gasteiger partial charge in [0.05, 0.1) is 5.92 Å². The highest BCUT2D eigenvalue weighted by Gasteiger charge is 2.29. The lowest BCUT2D eigenvalue weighted by Crippen LogP contribution is -2.41. The van der Waals surface area contributed by atoms with Crippen molar-refractivity contribution in [2.45, 2.75) is 12.8 Å². The molecule has 0 N–H and O–H groups in total. The summed E-state index contributed by atoms with van der Waals surface area (Å²) in [4.78, 5) is 26.3. The quantitative estimate of drug-likeness (QED) is 0.614. The number of hydrogen-bond donors (Lipinski definition) is 0. The number of benzene rings is 2. The van der Waals surface area contributed by atoms with Crippen LogP contribution >= 0.6 is 11.6 Å². The van der Waals surface area contributed by atoms with E-state index in [2.05, 4.69) is 0 Å². The number of esters is 1. The average Bonchev–Trinajstić information content (AvgIpc) is 2.64. The molecule has 4 nitrogen and oxygen atoms in total. The zero-order valence-corrected chi connectivity index (χ0v) is 14.2. The third-order valence-electron chi connectivity index (χ3n) is 4.24. The Balaban J connectivity index is 1.54. The van der Waals surface area contributed by atoms with Gasteiger partial charge in [0.15, 0.2) is 0 Å². The molecule has 130 valence electrons. The monoisotopic (exact) mass is 361 g/mol. The third-order valence-corrected chi connectivity index (χ3v) is 4.49. The highest BCUT2D eigenvalue weighted by atomic mass is 35.5. The second kappa shape index (κ2) is 7.66. The Kier molecular flexibility index (Phi) is 5.34. The number of carbonyl (C=O) groups excluding carboxylic acids is 2. The van der Waals surface area contributed by atoms with E-state index in [1.807, 2.05) is 0 Å². The van der Waals surface area contributed by atoms with E-state index in [1.54, 1.807) is 29.2 Å². The molecule has 2 aromatic carbocycles. The molecule has 1 amide bonds. The van der Waals surface area contributed by atoms with Crippen LogP contribution in [-0.2, 0) is 4.79 Å².